The molecule has 1 aliphatic heterocycles. The predicted molar refractivity (Wildman–Crippen MR) is 78.9 cm³/mol. The van der Waals surface area contributed by atoms with Crippen LogP contribution in [0.15, 0.2) is 18.2 Å². The van der Waals surface area contributed by atoms with Crippen LogP contribution >= 0.6 is 0 Å². The minimum atomic E-state index is 0.0989. The molecule has 1 heterocycles. The number of carbonyl (C=O) groups excluding carboxylic acids is 1. The van der Waals surface area contributed by atoms with Crippen LogP contribution in [0.2, 0.25) is 0 Å². The fraction of sp³-hybridized carbons (Fsp3) is 0.588. The highest BCUT2D eigenvalue weighted by molar-refractivity contribution is 5.78. The Labute approximate surface area is 116 Å². The van der Waals surface area contributed by atoms with Gasteiger partial charge in [-0.1, -0.05) is 45.9 Å². The van der Waals surface area contributed by atoms with Crippen molar-refractivity contribution in [3.63, 3.8) is 0 Å². The summed E-state index contributed by atoms with van der Waals surface area (Å²) in [6, 6.07) is 6.78. The van der Waals surface area contributed by atoms with Crippen molar-refractivity contribution in [2.24, 2.45) is 11.8 Å². The van der Waals surface area contributed by atoms with E-state index in [1.165, 1.54) is 16.7 Å². The second kappa shape index (κ2) is 5.77. The molecule has 1 amide bonds. The van der Waals surface area contributed by atoms with E-state index in [1.807, 2.05) is 18.7 Å². The summed E-state index contributed by atoms with van der Waals surface area (Å²) in [6.07, 6.45) is 2.14. The lowest BCUT2D eigenvalue weighted by atomic mass is 9.93. The number of nitrogens with zero attached hydrogens (tertiary/aromatic N) is 1. The topological polar surface area (TPSA) is 20.3 Å². The van der Waals surface area contributed by atoms with Gasteiger partial charge in [0.1, 0.15) is 0 Å². The average Bonchev–Trinajstić information content (AvgIpc) is 2.36. The molecule has 19 heavy (non-hydrogen) atoms. The Hall–Kier alpha value is -1.31. The highest BCUT2D eigenvalue weighted by atomic mass is 16.2. The van der Waals surface area contributed by atoms with E-state index in [0.717, 1.165) is 25.9 Å². The van der Waals surface area contributed by atoms with Gasteiger partial charge in [0.25, 0.3) is 0 Å². The van der Waals surface area contributed by atoms with Gasteiger partial charge in [0.15, 0.2) is 0 Å². The summed E-state index contributed by atoms with van der Waals surface area (Å²) in [5.74, 6) is 1.07. The molecule has 1 aromatic rings. The average molecular weight is 259 g/mol. The van der Waals surface area contributed by atoms with Gasteiger partial charge in [-0.15, -0.1) is 0 Å². The molecule has 0 bridgehead atoms. The van der Waals surface area contributed by atoms with Crippen LogP contribution in [0.25, 0.3) is 0 Å². The second-order valence-corrected chi connectivity index (χ2v) is 6.37. The maximum absolute atomic E-state index is 12.0. The second-order valence-electron chi connectivity index (χ2n) is 6.37. The molecule has 2 heteroatoms. The van der Waals surface area contributed by atoms with Crippen LogP contribution in [-0.4, -0.2) is 17.4 Å². The Morgan fingerprint density at radius 3 is 2.58 bits per heavy atom. The SMILES string of the molecule is CC(C)Cc1ccc2c(c1)CCN(C(=O)C(C)C)C2. The molecule has 2 nitrogen and oxygen atoms in total. The van der Waals surface area contributed by atoms with Gasteiger partial charge >= 0.3 is 0 Å². The molecule has 0 radical (unpaired) electrons. The number of rotatable bonds is 3. The first kappa shape index (κ1) is 14.1. The molecule has 1 aliphatic rings. The smallest absolute Gasteiger partial charge is 0.225 e. The van der Waals surface area contributed by atoms with Gasteiger partial charge in [-0.3, -0.25) is 4.79 Å². The summed E-state index contributed by atoms with van der Waals surface area (Å²) in [6.45, 7) is 10.1. The molecule has 0 atom stereocenters. The highest BCUT2D eigenvalue weighted by Gasteiger charge is 2.22. The van der Waals surface area contributed by atoms with Crippen LogP contribution < -0.4 is 0 Å². The van der Waals surface area contributed by atoms with Gasteiger partial charge in [0.05, 0.1) is 0 Å². The molecule has 104 valence electrons. The Bertz CT molecular complexity index is 462. The van der Waals surface area contributed by atoms with E-state index in [1.54, 1.807) is 0 Å². The molecule has 0 aromatic heterocycles. The molecule has 1 aromatic carbocycles. The molecular weight excluding hydrogens is 234 g/mol. The maximum atomic E-state index is 12.0. The Balaban J connectivity index is 2.12. The zero-order valence-electron chi connectivity index (χ0n) is 12.6. The molecule has 2 rings (SSSR count). The first-order chi connectivity index (χ1) is 8.97. The minimum Gasteiger partial charge on any atom is -0.338 e. The third-order valence-corrected chi connectivity index (χ3v) is 3.73. The van der Waals surface area contributed by atoms with Crippen LogP contribution in [-0.2, 0) is 24.2 Å². The highest BCUT2D eigenvalue weighted by Crippen LogP contribution is 2.22. The molecule has 0 fully saturated rings. The number of benzene rings is 1. The zero-order valence-corrected chi connectivity index (χ0v) is 12.6. The van der Waals surface area contributed by atoms with Gasteiger partial charge in [-0.25, -0.2) is 0 Å². The fourth-order valence-electron chi connectivity index (χ4n) is 2.76. The number of hydrogen-bond acceptors (Lipinski definition) is 1. The number of carbonyl (C=O) groups is 1. The van der Waals surface area contributed by atoms with E-state index in [-0.39, 0.29) is 11.8 Å². The van der Waals surface area contributed by atoms with Gasteiger partial charge < -0.3 is 4.90 Å². The lowest BCUT2D eigenvalue weighted by Crippen LogP contribution is -2.38. The van der Waals surface area contributed by atoms with Gasteiger partial charge in [-0.2, -0.15) is 0 Å². The number of fused-ring (bicyclic) bond motifs is 1. The molecule has 0 unspecified atom stereocenters. The Morgan fingerprint density at radius 2 is 1.95 bits per heavy atom. The zero-order chi connectivity index (χ0) is 14.0. The van der Waals surface area contributed by atoms with E-state index < -0.39 is 0 Å². The van der Waals surface area contributed by atoms with Gasteiger partial charge in [-0.05, 0) is 35.4 Å². The lowest BCUT2D eigenvalue weighted by molar-refractivity contribution is -0.135. The summed E-state index contributed by atoms with van der Waals surface area (Å²) in [4.78, 5) is 14.0. The largest absolute Gasteiger partial charge is 0.338 e. The normalized spacial score (nSPS) is 14.9. The third kappa shape index (κ3) is 3.37. The van der Waals surface area contributed by atoms with Crippen LogP contribution in [0, 0.1) is 11.8 Å². The van der Waals surface area contributed by atoms with Crippen molar-refractivity contribution in [3.05, 3.63) is 34.9 Å². The van der Waals surface area contributed by atoms with Crippen molar-refractivity contribution in [2.75, 3.05) is 6.54 Å². The van der Waals surface area contributed by atoms with Crippen molar-refractivity contribution >= 4 is 5.91 Å². The van der Waals surface area contributed by atoms with E-state index in [2.05, 4.69) is 32.0 Å². The van der Waals surface area contributed by atoms with Crippen molar-refractivity contribution in [1.82, 2.24) is 4.90 Å². The third-order valence-electron chi connectivity index (χ3n) is 3.73. The van der Waals surface area contributed by atoms with Crippen molar-refractivity contribution in [3.8, 4) is 0 Å². The van der Waals surface area contributed by atoms with E-state index >= 15 is 0 Å². The van der Waals surface area contributed by atoms with Crippen LogP contribution in [0.5, 0.6) is 0 Å². The molecular formula is C17H25NO. The standard InChI is InChI=1S/C17H25NO/c1-12(2)9-14-5-6-16-11-18(17(19)13(3)4)8-7-15(16)10-14/h5-6,10,12-13H,7-9,11H2,1-4H3. The Kier molecular flexibility index (Phi) is 4.28. The summed E-state index contributed by atoms with van der Waals surface area (Å²) >= 11 is 0. The predicted octanol–water partition coefficient (Wildman–Crippen LogP) is 3.43. The monoisotopic (exact) mass is 259 g/mol. The first-order valence-corrected chi connectivity index (χ1v) is 7.37. The van der Waals surface area contributed by atoms with Crippen LogP contribution in [0.1, 0.15) is 44.4 Å². The van der Waals surface area contributed by atoms with Crippen LogP contribution in [0.4, 0.5) is 0 Å². The maximum Gasteiger partial charge on any atom is 0.225 e. The van der Waals surface area contributed by atoms with E-state index in [9.17, 15) is 4.79 Å². The van der Waals surface area contributed by atoms with Gasteiger partial charge in [0.2, 0.25) is 5.91 Å². The van der Waals surface area contributed by atoms with Crippen molar-refractivity contribution < 1.29 is 4.79 Å². The fourth-order valence-corrected chi connectivity index (χ4v) is 2.76. The molecule has 0 saturated heterocycles. The molecule has 0 saturated carbocycles. The summed E-state index contributed by atoms with van der Waals surface area (Å²) < 4.78 is 0. The molecule has 0 N–H and O–H groups in total. The summed E-state index contributed by atoms with van der Waals surface area (Å²) in [5.41, 5.74) is 4.19. The quantitative estimate of drug-likeness (QED) is 0.814. The number of hydrogen-bond donors (Lipinski definition) is 0. The minimum absolute atomic E-state index is 0.0989. The first-order valence-electron chi connectivity index (χ1n) is 7.37. The lowest BCUT2D eigenvalue weighted by Gasteiger charge is -2.30. The van der Waals surface area contributed by atoms with Gasteiger partial charge in [0, 0.05) is 19.0 Å². The molecule has 0 spiro atoms. The molecule has 0 aliphatic carbocycles. The van der Waals surface area contributed by atoms with Crippen molar-refractivity contribution in [1.29, 1.82) is 0 Å². The van der Waals surface area contributed by atoms with E-state index in [0.29, 0.717) is 5.92 Å². The van der Waals surface area contributed by atoms with Crippen LogP contribution in [0.3, 0.4) is 0 Å². The van der Waals surface area contributed by atoms with Crippen molar-refractivity contribution in [2.45, 2.75) is 47.1 Å². The summed E-state index contributed by atoms with van der Waals surface area (Å²) in [7, 11) is 0. The number of amides is 1. The summed E-state index contributed by atoms with van der Waals surface area (Å²) in [5, 5.41) is 0. The van der Waals surface area contributed by atoms with E-state index in [4.69, 9.17) is 0 Å². The Morgan fingerprint density at radius 1 is 1.21 bits per heavy atom.